The summed E-state index contributed by atoms with van der Waals surface area (Å²) < 4.78 is 5.73. The van der Waals surface area contributed by atoms with Crippen LogP contribution in [0.4, 0.5) is 0 Å². The molecule has 2 nitrogen and oxygen atoms in total. The van der Waals surface area contributed by atoms with Crippen molar-refractivity contribution >= 4 is 5.97 Å². The molecule has 0 radical (unpaired) electrons. The summed E-state index contributed by atoms with van der Waals surface area (Å²) in [5.41, 5.74) is -0.0800. The predicted octanol–water partition coefficient (Wildman–Crippen LogP) is 4.71. The van der Waals surface area contributed by atoms with E-state index in [1.54, 1.807) is 0 Å². The van der Waals surface area contributed by atoms with Gasteiger partial charge in [0.15, 0.2) is 0 Å². The van der Waals surface area contributed by atoms with Gasteiger partial charge in [0.05, 0.1) is 0 Å². The Balaban J connectivity index is 2.41. The third kappa shape index (κ3) is 5.41. The Bertz CT molecular complexity index is 267. The maximum absolute atomic E-state index is 11.9. The maximum atomic E-state index is 11.9. The zero-order valence-electron chi connectivity index (χ0n) is 12.8. The summed E-state index contributed by atoms with van der Waals surface area (Å²) >= 11 is 0. The smallest absolute Gasteiger partial charge is 0.306 e. The first kappa shape index (κ1) is 15.5. The average Bonchev–Trinajstić information content (AvgIpc) is 2.26. The van der Waals surface area contributed by atoms with Gasteiger partial charge in [-0.05, 0) is 44.4 Å². The van der Waals surface area contributed by atoms with Crippen LogP contribution in [0.5, 0.6) is 0 Å². The Hall–Kier alpha value is -0.530. The van der Waals surface area contributed by atoms with Crippen molar-refractivity contribution in [3.63, 3.8) is 0 Å². The molecule has 0 bridgehead atoms. The lowest BCUT2D eigenvalue weighted by Crippen LogP contribution is -2.38. The van der Waals surface area contributed by atoms with Crippen LogP contribution in [0, 0.1) is 11.3 Å². The Kier molecular flexibility index (Phi) is 5.24. The second kappa shape index (κ2) is 6.08. The second-order valence-electron chi connectivity index (χ2n) is 7.47. The minimum atomic E-state index is -0.282. The van der Waals surface area contributed by atoms with Gasteiger partial charge < -0.3 is 4.74 Å². The first-order valence-electron chi connectivity index (χ1n) is 7.42. The van der Waals surface area contributed by atoms with Crippen LogP contribution in [0.15, 0.2) is 0 Å². The molecule has 0 aromatic rings. The summed E-state index contributed by atoms with van der Waals surface area (Å²) in [7, 11) is 0. The van der Waals surface area contributed by atoms with Crippen LogP contribution in [0.1, 0.15) is 79.6 Å². The Morgan fingerprint density at radius 2 is 1.61 bits per heavy atom. The molecule has 0 unspecified atom stereocenters. The van der Waals surface area contributed by atoms with Crippen LogP contribution in [0.25, 0.3) is 0 Å². The van der Waals surface area contributed by atoms with Gasteiger partial charge in [-0.3, -0.25) is 4.79 Å². The van der Waals surface area contributed by atoms with Crippen LogP contribution in [-0.4, -0.2) is 11.6 Å². The zero-order valence-corrected chi connectivity index (χ0v) is 12.8. The minimum absolute atomic E-state index is 0.0273. The van der Waals surface area contributed by atoms with E-state index in [0.717, 1.165) is 6.42 Å². The summed E-state index contributed by atoms with van der Waals surface area (Å²) in [5.74, 6) is 0.519. The SMILES string of the molecule is CC(C)(C)CCC(=O)OC(C)(C)C1CCCCC1. The molecule has 0 saturated heterocycles. The Labute approximate surface area is 112 Å². The third-order valence-electron chi connectivity index (χ3n) is 4.04. The maximum Gasteiger partial charge on any atom is 0.306 e. The van der Waals surface area contributed by atoms with Crippen LogP contribution < -0.4 is 0 Å². The van der Waals surface area contributed by atoms with Gasteiger partial charge in [-0.25, -0.2) is 0 Å². The molecule has 0 aromatic heterocycles. The Morgan fingerprint density at radius 3 is 2.11 bits per heavy atom. The van der Waals surface area contributed by atoms with E-state index in [2.05, 4.69) is 34.6 Å². The molecule has 0 heterocycles. The molecule has 106 valence electrons. The van der Waals surface area contributed by atoms with Crippen molar-refractivity contribution in [1.82, 2.24) is 0 Å². The lowest BCUT2D eigenvalue weighted by atomic mass is 9.78. The molecule has 0 amide bonds. The molecule has 1 aliphatic rings. The van der Waals surface area contributed by atoms with Gasteiger partial charge in [0.1, 0.15) is 5.60 Å². The lowest BCUT2D eigenvalue weighted by molar-refractivity contribution is -0.163. The molecule has 18 heavy (non-hydrogen) atoms. The number of hydrogen-bond acceptors (Lipinski definition) is 2. The number of hydrogen-bond donors (Lipinski definition) is 0. The predicted molar refractivity (Wildman–Crippen MR) is 75.4 cm³/mol. The fourth-order valence-corrected chi connectivity index (χ4v) is 2.70. The first-order valence-corrected chi connectivity index (χ1v) is 7.42. The average molecular weight is 254 g/mol. The minimum Gasteiger partial charge on any atom is -0.459 e. The normalized spacial score (nSPS) is 18.7. The highest BCUT2D eigenvalue weighted by Gasteiger charge is 2.34. The molecular weight excluding hydrogens is 224 g/mol. The van der Waals surface area contributed by atoms with Crippen LogP contribution in [-0.2, 0) is 9.53 Å². The van der Waals surface area contributed by atoms with Gasteiger partial charge in [0.25, 0.3) is 0 Å². The Morgan fingerprint density at radius 1 is 1.06 bits per heavy atom. The number of carbonyl (C=O) groups excluding carboxylic acids is 1. The van der Waals surface area contributed by atoms with Crippen LogP contribution in [0.2, 0.25) is 0 Å². The van der Waals surface area contributed by atoms with Gasteiger partial charge in [-0.1, -0.05) is 40.0 Å². The third-order valence-corrected chi connectivity index (χ3v) is 4.04. The molecule has 0 spiro atoms. The summed E-state index contributed by atoms with van der Waals surface area (Å²) in [6, 6.07) is 0. The summed E-state index contributed by atoms with van der Waals surface area (Å²) in [6.07, 6.45) is 7.76. The number of rotatable bonds is 4. The van der Waals surface area contributed by atoms with Crippen molar-refractivity contribution in [2.45, 2.75) is 85.2 Å². The molecule has 2 heteroatoms. The molecule has 1 rings (SSSR count). The van der Waals surface area contributed by atoms with E-state index in [1.165, 1.54) is 32.1 Å². The van der Waals surface area contributed by atoms with Crippen molar-refractivity contribution in [2.75, 3.05) is 0 Å². The molecule has 0 aromatic carbocycles. The fraction of sp³-hybridized carbons (Fsp3) is 0.938. The van der Waals surface area contributed by atoms with Crippen molar-refractivity contribution < 1.29 is 9.53 Å². The molecular formula is C16H30O2. The summed E-state index contributed by atoms with van der Waals surface area (Å²) in [5, 5.41) is 0. The van der Waals surface area contributed by atoms with Crippen molar-refractivity contribution in [3.05, 3.63) is 0 Å². The molecule has 1 fully saturated rings. The van der Waals surface area contributed by atoms with Gasteiger partial charge >= 0.3 is 5.97 Å². The zero-order chi connectivity index (χ0) is 13.8. The molecule has 0 aliphatic heterocycles. The van der Waals surface area contributed by atoms with Crippen LogP contribution in [0.3, 0.4) is 0 Å². The van der Waals surface area contributed by atoms with E-state index in [0.29, 0.717) is 12.3 Å². The van der Waals surface area contributed by atoms with E-state index in [4.69, 9.17) is 4.74 Å². The first-order chi connectivity index (χ1) is 8.21. The number of ether oxygens (including phenoxy) is 1. The van der Waals surface area contributed by atoms with Gasteiger partial charge in [-0.15, -0.1) is 0 Å². The fourth-order valence-electron chi connectivity index (χ4n) is 2.70. The van der Waals surface area contributed by atoms with Gasteiger partial charge in [-0.2, -0.15) is 0 Å². The number of esters is 1. The van der Waals surface area contributed by atoms with Gasteiger partial charge in [0, 0.05) is 6.42 Å². The molecule has 1 aliphatic carbocycles. The monoisotopic (exact) mass is 254 g/mol. The van der Waals surface area contributed by atoms with Crippen LogP contribution >= 0.6 is 0 Å². The number of carbonyl (C=O) groups is 1. The second-order valence-corrected chi connectivity index (χ2v) is 7.47. The van der Waals surface area contributed by atoms with Crippen molar-refractivity contribution in [2.24, 2.45) is 11.3 Å². The van der Waals surface area contributed by atoms with Gasteiger partial charge in [0.2, 0.25) is 0 Å². The lowest BCUT2D eigenvalue weighted by Gasteiger charge is -2.36. The highest BCUT2D eigenvalue weighted by Crippen LogP contribution is 2.35. The summed E-state index contributed by atoms with van der Waals surface area (Å²) in [4.78, 5) is 11.9. The largest absolute Gasteiger partial charge is 0.459 e. The highest BCUT2D eigenvalue weighted by atomic mass is 16.6. The van der Waals surface area contributed by atoms with Crippen molar-refractivity contribution in [3.8, 4) is 0 Å². The van der Waals surface area contributed by atoms with E-state index < -0.39 is 0 Å². The quantitative estimate of drug-likeness (QED) is 0.679. The van der Waals surface area contributed by atoms with Crippen molar-refractivity contribution in [1.29, 1.82) is 0 Å². The van der Waals surface area contributed by atoms with E-state index in [1.807, 2.05) is 0 Å². The highest BCUT2D eigenvalue weighted by molar-refractivity contribution is 5.69. The van der Waals surface area contributed by atoms with E-state index in [9.17, 15) is 4.79 Å². The van der Waals surface area contributed by atoms with E-state index >= 15 is 0 Å². The van der Waals surface area contributed by atoms with E-state index in [-0.39, 0.29) is 17.0 Å². The molecule has 0 atom stereocenters. The summed E-state index contributed by atoms with van der Waals surface area (Å²) in [6.45, 7) is 10.6. The standard InChI is InChI=1S/C16H30O2/c1-15(2,3)12-11-14(17)18-16(4,5)13-9-7-6-8-10-13/h13H,6-12H2,1-5H3. The molecule has 0 N–H and O–H groups in total. The molecule has 1 saturated carbocycles. The topological polar surface area (TPSA) is 26.3 Å².